The average molecular weight is 407 g/mol. The number of hydrogen-bond acceptors (Lipinski definition) is 5. The van der Waals surface area contributed by atoms with Gasteiger partial charge in [-0.05, 0) is 36.0 Å². The molecule has 0 unspecified atom stereocenters. The number of anilines is 1. The molecule has 0 aliphatic carbocycles. The number of nitrogens with zero attached hydrogens (tertiary/aromatic N) is 1. The highest BCUT2D eigenvalue weighted by Crippen LogP contribution is 2.29. The van der Waals surface area contributed by atoms with Crippen molar-refractivity contribution >= 4 is 52.5 Å². The van der Waals surface area contributed by atoms with Gasteiger partial charge in [0.15, 0.2) is 6.61 Å². The van der Waals surface area contributed by atoms with Crippen LogP contribution in [0.25, 0.3) is 0 Å². The van der Waals surface area contributed by atoms with Crippen LogP contribution in [0.5, 0.6) is 0 Å². The van der Waals surface area contributed by atoms with E-state index in [1.807, 2.05) is 0 Å². The smallest absolute Gasteiger partial charge is 0.341 e. The van der Waals surface area contributed by atoms with E-state index in [1.165, 1.54) is 24.4 Å². The molecule has 2 aromatic rings. The minimum Gasteiger partial charge on any atom is -0.452 e. The monoisotopic (exact) mass is 406 g/mol. The number of amides is 1. The van der Waals surface area contributed by atoms with Gasteiger partial charge in [-0.25, -0.2) is 9.78 Å². The number of nitrogens with one attached hydrogen (secondary N) is 1. The summed E-state index contributed by atoms with van der Waals surface area (Å²) in [6, 6.07) is 7.33. The summed E-state index contributed by atoms with van der Waals surface area (Å²) in [6.07, 6.45) is 1.27. The standard InChI is InChI=1S/C15H10Cl2F2N2O3S/c16-9-4-1-5-10(12(9)17)21-11(22)7-24-14(23)8-3-2-6-20-13(8)25-15(18)19/h1-6,15H,7H2,(H,21,22). The number of thioether (sulfide) groups is 1. The summed E-state index contributed by atoms with van der Waals surface area (Å²) < 4.78 is 29.8. The zero-order valence-electron chi connectivity index (χ0n) is 12.3. The molecule has 0 aliphatic heterocycles. The van der Waals surface area contributed by atoms with Gasteiger partial charge in [0, 0.05) is 6.20 Å². The normalized spacial score (nSPS) is 10.6. The lowest BCUT2D eigenvalue weighted by Gasteiger charge is -2.10. The molecule has 0 radical (unpaired) electrons. The van der Waals surface area contributed by atoms with Crippen LogP contribution < -0.4 is 5.32 Å². The van der Waals surface area contributed by atoms with Gasteiger partial charge in [-0.1, -0.05) is 29.3 Å². The van der Waals surface area contributed by atoms with Gasteiger partial charge in [-0.3, -0.25) is 4.79 Å². The molecule has 0 fully saturated rings. The second-order valence-electron chi connectivity index (χ2n) is 4.46. The van der Waals surface area contributed by atoms with E-state index >= 15 is 0 Å². The highest BCUT2D eigenvalue weighted by Gasteiger charge is 2.19. The maximum Gasteiger partial charge on any atom is 0.341 e. The first kappa shape index (κ1) is 19.4. The van der Waals surface area contributed by atoms with Crippen LogP contribution in [0.15, 0.2) is 41.6 Å². The number of benzene rings is 1. The van der Waals surface area contributed by atoms with Gasteiger partial charge in [0.25, 0.3) is 11.7 Å². The third-order valence-electron chi connectivity index (χ3n) is 2.75. The average Bonchev–Trinajstić information content (AvgIpc) is 2.57. The number of carbonyl (C=O) groups excluding carboxylic acids is 2. The Hall–Kier alpha value is -1.90. The quantitative estimate of drug-likeness (QED) is 0.564. The maximum absolute atomic E-state index is 12.5. The van der Waals surface area contributed by atoms with E-state index < -0.39 is 24.2 Å². The molecule has 0 saturated carbocycles. The molecule has 0 aliphatic rings. The van der Waals surface area contributed by atoms with Gasteiger partial charge >= 0.3 is 5.97 Å². The molecule has 0 spiro atoms. The third kappa shape index (κ3) is 5.55. The van der Waals surface area contributed by atoms with E-state index in [0.717, 1.165) is 0 Å². The number of pyridine rings is 1. The number of hydrogen-bond donors (Lipinski definition) is 1. The van der Waals surface area contributed by atoms with Crippen LogP contribution in [0.3, 0.4) is 0 Å². The number of alkyl halides is 2. The van der Waals surface area contributed by atoms with E-state index in [1.54, 1.807) is 12.1 Å². The summed E-state index contributed by atoms with van der Waals surface area (Å²) in [7, 11) is 0. The first-order valence-electron chi connectivity index (χ1n) is 6.69. The molecule has 0 saturated heterocycles. The summed E-state index contributed by atoms with van der Waals surface area (Å²) in [4.78, 5) is 27.5. The zero-order valence-corrected chi connectivity index (χ0v) is 14.7. The van der Waals surface area contributed by atoms with E-state index in [-0.39, 0.29) is 38.1 Å². The van der Waals surface area contributed by atoms with E-state index in [0.29, 0.717) is 0 Å². The molecule has 1 amide bonds. The fourth-order valence-corrected chi connectivity index (χ4v) is 2.64. The Bertz CT molecular complexity index is 793. The Labute approximate surface area is 155 Å². The van der Waals surface area contributed by atoms with Crippen LogP contribution in [-0.4, -0.2) is 29.2 Å². The molecule has 25 heavy (non-hydrogen) atoms. The largest absolute Gasteiger partial charge is 0.452 e. The second-order valence-corrected chi connectivity index (χ2v) is 6.22. The van der Waals surface area contributed by atoms with E-state index in [2.05, 4.69) is 10.3 Å². The molecule has 1 N–H and O–H groups in total. The van der Waals surface area contributed by atoms with Crippen molar-refractivity contribution in [3.63, 3.8) is 0 Å². The van der Waals surface area contributed by atoms with Crippen LogP contribution in [0.1, 0.15) is 10.4 Å². The third-order valence-corrected chi connectivity index (χ3v) is 4.30. The van der Waals surface area contributed by atoms with Crippen molar-refractivity contribution in [2.75, 3.05) is 11.9 Å². The van der Waals surface area contributed by atoms with Crippen LogP contribution >= 0.6 is 35.0 Å². The minimum atomic E-state index is -2.74. The molecule has 132 valence electrons. The lowest BCUT2D eigenvalue weighted by Crippen LogP contribution is -2.21. The molecule has 5 nitrogen and oxygen atoms in total. The lowest BCUT2D eigenvalue weighted by atomic mass is 10.3. The molecule has 0 atom stereocenters. The molecular formula is C15H10Cl2F2N2O3S. The number of esters is 1. The predicted octanol–water partition coefficient (Wildman–Crippen LogP) is 4.50. The highest BCUT2D eigenvalue weighted by atomic mass is 35.5. The van der Waals surface area contributed by atoms with Gasteiger partial charge in [-0.2, -0.15) is 8.78 Å². The van der Waals surface area contributed by atoms with Gasteiger partial charge in [0.2, 0.25) is 0 Å². The van der Waals surface area contributed by atoms with Crippen LogP contribution in [0.2, 0.25) is 10.0 Å². The Morgan fingerprint density at radius 2 is 2.00 bits per heavy atom. The fraction of sp³-hybridized carbons (Fsp3) is 0.133. The van der Waals surface area contributed by atoms with Crippen LogP contribution in [0, 0.1) is 0 Å². The molecule has 1 aromatic carbocycles. The van der Waals surface area contributed by atoms with Crippen molar-refractivity contribution in [3.05, 3.63) is 52.1 Å². The summed E-state index contributed by atoms with van der Waals surface area (Å²) in [5, 5.41) is 2.65. The zero-order chi connectivity index (χ0) is 18.4. The Kier molecular flexibility index (Phi) is 6.98. The summed E-state index contributed by atoms with van der Waals surface area (Å²) in [6.45, 7) is -0.630. The topological polar surface area (TPSA) is 68.3 Å². The summed E-state index contributed by atoms with van der Waals surface area (Å²) in [5.41, 5.74) is 0.104. The number of halogens is 4. The van der Waals surface area contributed by atoms with Crippen molar-refractivity contribution in [1.82, 2.24) is 4.98 Å². The molecule has 10 heteroatoms. The Morgan fingerprint density at radius 3 is 2.72 bits per heavy atom. The first-order chi connectivity index (χ1) is 11.9. The van der Waals surface area contributed by atoms with Crippen molar-refractivity contribution in [2.45, 2.75) is 10.8 Å². The predicted molar refractivity (Wildman–Crippen MR) is 91.5 cm³/mol. The SMILES string of the molecule is O=C(COC(=O)c1cccnc1SC(F)F)Nc1cccc(Cl)c1Cl. The number of aromatic nitrogens is 1. The van der Waals surface area contributed by atoms with Gasteiger partial charge in [0.05, 0.1) is 21.3 Å². The van der Waals surface area contributed by atoms with Crippen LogP contribution in [0.4, 0.5) is 14.5 Å². The minimum absolute atomic E-state index is 0.116. The molecule has 0 bridgehead atoms. The summed E-state index contributed by atoms with van der Waals surface area (Å²) in [5.74, 6) is -4.34. The van der Waals surface area contributed by atoms with Gasteiger partial charge in [0.1, 0.15) is 5.03 Å². The van der Waals surface area contributed by atoms with Crippen LogP contribution in [-0.2, 0) is 9.53 Å². The van der Waals surface area contributed by atoms with Gasteiger partial charge < -0.3 is 10.1 Å². The number of ether oxygens (including phenoxy) is 1. The molecule has 2 rings (SSSR count). The summed E-state index contributed by atoms with van der Waals surface area (Å²) >= 11 is 11.9. The van der Waals surface area contributed by atoms with Crippen molar-refractivity contribution in [1.29, 1.82) is 0 Å². The Balaban J connectivity index is 1.98. The van der Waals surface area contributed by atoms with Crippen molar-refractivity contribution < 1.29 is 23.1 Å². The maximum atomic E-state index is 12.5. The molecule has 1 aromatic heterocycles. The molecular weight excluding hydrogens is 397 g/mol. The highest BCUT2D eigenvalue weighted by molar-refractivity contribution is 7.99. The number of rotatable bonds is 6. The van der Waals surface area contributed by atoms with E-state index in [4.69, 9.17) is 27.9 Å². The van der Waals surface area contributed by atoms with Crippen molar-refractivity contribution in [3.8, 4) is 0 Å². The first-order valence-corrected chi connectivity index (χ1v) is 8.33. The molecule has 1 heterocycles. The Morgan fingerprint density at radius 1 is 1.24 bits per heavy atom. The van der Waals surface area contributed by atoms with Crippen molar-refractivity contribution in [2.24, 2.45) is 0 Å². The number of carbonyl (C=O) groups is 2. The second kappa shape index (κ2) is 8.98. The fourth-order valence-electron chi connectivity index (χ4n) is 1.72. The lowest BCUT2D eigenvalue weighted by molar-refractivity contribution is -0.119. The van der Waals surface area contributed by atoms with Gasteiger partial charge in [-0.15, -0.1) is 0 Å². The van der Waals surface area contributed by atoms with E-state index in [9.17, 15) is 18.4 Å².